The molecule has 0 radical (unpaired) electrons. The minimum Gasteiger partial charge on any atom is -0.373 e. The van der Waals surface area contributed by atoms with Crippen molar-refractivity contribution in [3.8, 4) is 0 Å². The number of carbonyl (C=O) groups is 1. The lowest BCUT2D eigenvalue weighted by molar-refractivity contribution is -0.117. The van der Waals surface area contributed by atoms with Gasteiger partial charge in [0.1, 0.15) is 6.04 Å². The summed E-state index contributed by atoms with van der Waals surface area (Å²) in [6.45, 7) is 1.03. The quantitative estimate of drug-likeness (QED) is 0.890. The fraction of sp³-hybridized carbons (Fsp3) is 0.500. The van der Waals surface area contributed by atoms with Crippen LogP contribution in [-0.2, 0) is 4.79 Å². The van der Waals surface area contributed by atoms with E-state index >= 15 is 0 Å². The summed E-state index contributed by atoms with van der Waals surface area (Å²) in [6, 6.07) is 3.58. The van der Waals surface area contributed by atoms with Crippen molar-refractivity contribution in [2.75, 3.05) is 30.9 Å². The first-order valence-corrected chi connectivity index (χ1v) is 7.00. The molecule has 0 bridgehead atoms. The third-order valence-electron chi connectivity index (χ3n) is 3.88. The van der Waals surface area contributed by atoms with Crippen LogP contribution < -0.4 is 15.5 Å². The SMILES string of the molecule is CNC1C(=O)Nc2cc(N(C)CC3CC3)c(Cl)cc21. The Hall–Kier alpha value is -1.26. The number of anilines is 2. The normalized spacial score (nSPS) is 21.2. The molecule has 1 aromatic rings. The lowest BCUT2D eigenvalue weighted by atomic mass is 10.1. The Balaban J connectivity index is 1.91. The van der Waals surface area contributed by atoms with Gasteiger partial charge in [-0.25, -0.2) is 0 Å². The summed E-state index contributed by atoms with van der Waals surface area (Å²) in [6.07, 6.45) is 2.62. The standard InChI is InChI=1S/C14H18ClN3O/c1-16-13-9-5-10(15)12(6-11(9)17-14(13)19)18(2)7-8-3-4-8/h5-6,8,13,16H,3-4,7H2,1-2H3,(H,17,19). The van der Waals surface area contributed by atoms with Crippen LogP contribution >= 0.6 is 11.6 Å². The van der Waals surface area contributed by atoms with Gasteiger partial charge < -0.3 is 15.5 Å². The van der Waals surface area contributed by atoms with Gasteiger partial charge in [-0.05, 0) is 37.9 Å². The van der Waals surface area contributed by atoms with Crippen LogP contribution in [0, 0.1) is 5.92 Å². The van der Waals surface area contributed by atoms with Crippen LogP contribution in [0.25, 0.3) is 0 Å². The topological polar surface area (TPSA) is 44.4 Å². The maximum absolute atomic E-state index is 11.8. The number of hydrogen-bond acceptors (Lipinski definition) is 3. The van der Waals surface area contributed by atoms with Gasteiger partial charge in [-0.2, -0.15) is 0 Å². The third-order valence-corrected chi connectivity index (χ3v) is 4.18. The lowest BCUT2D eigenvalue weighted by Crippen LogP contribution is -2.23. The Kier molecular flexibility index (Phi) is 3.15. The molecule has 5 heteroatoms. The molecule has 1 heterocycles. The number of amides is 1. The van der Waals surface area contributed by atoms with Gasteiger partial charge in [-0.15, -0.1) is 0 Å². The Bertz CT molecular complexity index is 528. The summed E-state index contributed by atoms with van der Waals surface area (Å²) in [5, 5.41) is 6.61. The Morgan fingerprint density at radius 2 is 2.21 bits per heavy atom. The minimum atomic E-state index is -0.296. The van der Waals surface area contributed by atoms with Crippen molar-refractivity contribution >= 4 is 28.9 Å². The maximum Gasteiger partial charge on any atom is 0.246 e. The molecule has 0 saturated heterocycles. The molecule has 2 N–H and O–H groups in total. The lowest BCUT2D eigenvalue weighted by Gasteiger charge is -2.21. The molecule has 3 rings (SSSR count). The first-order chi connectivity index (χ1) is 9.10. The second-order valence-corrected chi connectivity index (χ2v) is 5.83. The fourth-order valence-electron chi connectivity index (χ4n) is 2.64. The fourth-order valence-corrected chi connectivity index (χ4v) is 2.95. The molecule has 1 unspecified atom stereocenters. The third kappa shape index (κ3) is 2.30. The molecular formula is C14H18ClN3O. The van der Waals surface area contributed by atoms with E-state index in [1.165, 1.54) is 12.8 Å². The predicted octanol–water partition coefficient (Wildman–Crippen LogP) is 2.40. The number of likely N-dealkylation sites (N-methyl/N-ethyl adjacent to an activating group) is 1. The van der Waals surface area contributed by atoms with E-state index in [9.17, 15) is 4.79 Å². The number of rotatable bonds is 4. The van der Waals surface area contributed by atoms with Crippen molar-refractivity contribution in [2.45, 2.75) is 18.9 Å². The molecule has 1 saturated carbocycles. The average molecular weight is 280 g/mol. The molecule has 1 fully saturated rings. The van der Waals surface area contributed by atoms with E-state index in [4.69, 9.17) is 11.6 Å². The van der Waals surface area contributed by atoms with Crippen molar-refractivity contribution in [1.82, 2.24) is 5.32 Å². The predicted molar refractivity (Wildman–Crippen MR) is 77.9 cm³/mol. The molecule has 1 aliphatic heterocycles. The summed E-state index contributed by atoms with van der Waals surface area (Å²) >= 11 is 6.37. The van der Waals surface area contributed by atoms with Crippen molar-refractivity contribution in [2.24, 2.45) is 5.92 Å². The van der Waals surface area contributed by atoms with Crippen LogP contribution in [0.1, 0.15) is 24.4 Å². The molecule has 1 aromatic carbocycles. The van der Waals surface area contributed by atoms with E-state index in [2.05, 4.69) is 22.6 Å². The van der Waals surface area contributed by atoms with Crippen LogP contribution in [0.15, 0.2) is 12.1 Å². The molecule has 102 valence electrons. The first-order valence-electron chi connectivity index (χ1n) is 6.63. The first kappa shape index (κ1) is 12.8. The molecule has 1 amide bonds. The van der Waals surface area contributed by atoms with Crippen LogP contribution in [0.2, 0.25) is 5.02 Å². The van der Waals surface area contributed by atoms with E-state index in [-0.39, 0.29) is 11.9 Å². The smallest absolute Gasteiger partial charge is 0.246 e. The van der Waals surface area contributed by atoms with Crippen LogP contribution in [0.3, 0.4) is 0 Å². The number of nitrogens with zero attached hydrogens (tertiary/aromatic N) is 1. The number of nitrogens with one attached hydrogen (secondary N) is 2. The highest BCUT2D eigenvalue weighted by molar-refractivity contribution is 6.33. The van der Waals surface area contributed by atoms with Crippen LogP contribution in [-0.4, -0.2) is 26.5 Å². The van der Waals surface area contributed by atoms with Crippen molar-refractivity contribution < 1.29 is 4.79 Å². The van der Waals surface area contributed by atoms with Gasteiger partial charge in [0.05, 0.1) is 10.7 Å². The zero-order valence-electron chi connectivity index (χ0n) is 11.2. The number of benzene rings is 1. The average Bonchev–Trinajstić information content (AvgIpc) is 3.11. The van der Waals surface area contributed by atoms with Gasteiger partial charge in [0.2, 0.25) is 5.91 Å². The Morgan fingerprint density at radius 1 is 1.47 bits per heavy atom. The molecule has 19 heavy (non-hydrogen) atoms. The van der Waals surface area contributed by atoms with Crippen LogP contribution in [0.5, 0.6) is 0 Å². The Morgan fingerprint density at radius 3 is 2.84 bits per heavy atom. The summed E-state index contributed by atoms with van der Waals surface area (Å²) in [7, 11) is 3.83. The second kappa shape index (κ2) is 4.69. The van der Waals surface area contributed by atoms with E-state index in [0.29, 0.717) is 5.02 Å². The number of hydrogen-bond donors (Lipinski definition) is 2. The van der Waals surface area contributed by atoms with Crippen molar-refractivity contribution in [3.63, 3.8) is 0 Å². The van der Waals surface area contributed by atoms with Gasteiger partial charge >= 0.3 is 0 Å². The maximum atomic E-state index is 11.8. The van der Waals surface area contributed by atoms with Gasteiger partial charge in [-0.3, -0.25) is 4.79 Å². The molecule has 1 atom stereocenters. The molecular weight excluding hydrogens is 262 g/mol. The van der Waals surface area contributed by atoms with Gasteiger partial charge in [0.15, 0.2) is 0 Å². The zero-order valence-corrected chi connectivity index (χ0v) is 11.9. The molecule has 0 aromatic heterocycles. The van der Waals surface area contributed by atoms with Crippen LogP contribution in [0.4, 0.5) is 11.4 Å². The summed E-state index contributed by atoms with van der Waals surface area (Å²) in [5.41, 5.74) is 2.79. The summed E-state index contributed by atoms with van der Waals surface area (Å²) in [5.74, 6) is 0.782. The van der Waals surface area contributed by atoms with E-state index < -0.39 is 0 Å². The van der Waals surface area contributed by atoms with Crippen molar-refractivity contribution in [1.29, 1.82) is 0 Å². The molecule has 1 aliphatic carbocycles. The number of carbonyl (C=O) groups excluding carboxylic acids is 1. The molecule has 0 spiro atoms. The largest absolute Gasteiger partial charge is 0.373 e. The summed E-state index contributed by atoms with van der Waals surface area (Å²) in [4.78, 5) is 14.0. The van der Waals surface area contributed by atoms with Gasteiger partial charge in [0.25, 0.3) is 0 Å². The van der Waals surface area contributed by atoms with E-state index in [1.54, 1.807) is 7.05 Å². The van der Waals surface area contributed by atoms with E-state index in [0.717, 1.165) is 29.4 Å². The molecule has 4 nitrogen and oxygen atoms in total. The van der Waals surface area contributed by atoms with Gasteiger partial charge in [-0.1, -0.05) is 11.6 Å². The Labute approximate surface area is 118 Å². The molecule has 2 aliphatic rings. The monoisotopic (exact) mass is 279 g/mol. The second-order valence-electron chi connectivity index (χ2n) is 5.43. The highest BCUT2D eigenvalue weighted by Gasteiger charge is 2.31. The summed E-state index contributed by atoms with van der Waals surface area (Å²) < 4.78 is 0. The minimum absolute atomic E-state index is 0.0180. The highest BCUT2D eigenvalue weighted by Crippen LogP contribution is 2.39. The van der Waals surface area contributed by atoms with Crippen molar-refractivity contribution in [3.05, 3.63) is 22.7 Å². The van der Waals surface area contributed by atoms with Gasteiger partial charge in [0, 0.05) is 24.8 Å². The highest BCUT2D eigenvalue weighted by atomic mass is 35.5. The number of halogens is 1. The number of fused-ring (bicyclic) bond motifs is 1. The zero-order chi connectivity index (χ0) is 13.6. The van der Waals surface area contributed by atoms with E-state index in [1.807, 2.05) is 12.1 Å².